The van der Waals surface area contributed by atoms with Crippen LogP contribution in [-0.2, 0) is 11.2 Å². The molecule has 0 bridgehead atoms. The van der Waals surface area contributed by atoms with Crippen molar-refractivity contribution in [2.75, 3.05) is 0 Å². The summed E-state index contributed by atoms with van der Waals surface area (Å²) in [6, 6.07) is 5.42. The number of carboxylic acids is 1. The smallest absolute Gasteiger partial charge is 0.320 e. The first-order valence-corrected chi connectivity index (χ1v) is 3.86. The van der Waals surface area contributed by atoms with Gasteiger partial charge in [0.2, 0.25) is 0 Å². The van der Waals surface area contributed by atoms with Gasteiger partial charge in [-0.05, 0) is 24.1 Å². The second-order valence-electron chi connectivity index (χ2n) is 2.82. The lowest BCUT2D eigenvalue weighted by Gasteiger charge is -2.05. The molecular weight excluding hydrogens is 184 g/mol. The van der Waals surface area contributed by atoms with E-state index >= 15 is 0 Å². The van der Waals surface area contributed by atoms with Crippen molar-refractivity contribution in [2.24, 2.45) is 5.73 Å². The van der Waals surface area contributed by atoms with Gasteiger partial charge in [-0.1, -0.05) is 12.1 Å². The fourth-order valence-corrected chi connectivity index (χ4v) is 0.973. The lowest BCUT2D eigenvalue weighted by Crippen LogP contribution is -2.32. The van der Waals surface area contributed by atoms with Crippen molar-refractivity contribution >= 4 is 5.97 Å². The van der Waals surface area contributed by atoms with Crippen LogP contribution in [0.25, 0.3) is 0 Å². The number of hydrogen-bond acceptors (Lipinski definition) is 4. The van der Waals surface area contributed by atoms with Crippen molar-refractivity contribution in [2.45, 2.75) is 12.5 Å². The average molecular weight is 198 g/mol. The molecule has 7 N–H and O–H groups in total. The fraction of sp³-hybridized carbons (Fsp3) is 0.222. The molecule has 78 valence electrons. The van der Waals surface area contributed by atoms with E-state index in [1.807, 2.05) is 0 Å². The molecule has 0 aliphatic rings. The van der Waals surface area contributed by atoms with Gasteiger partial charge < -0.3 is 22.1 Å². The number of hydrogen-bond donors (Lipinski definition) is 4. The molecule has 0 amide bonds. The van der Waals surface area contributed by atoms with Crippen LogP contribution in [0.1, 0.15) is 5.56 Å². The van der Waals surface area contributed by atoms with Crippen LogP contribution in [0.2, 0.25) is 0 Å². The molecule has 5 nitrogen and oxygen atoms in total. The summed E-state index contributed by atoms with van der Waals surface area (Å²) < 4.78 is 0. The Morgan fingerprint density at radius 1 is 1.36 bits per heavy atom. The topological polar surface area (TPSA) is 119 Å². The van der Waals surface area contributed by atoms with Gasteiger partial charge in [0.05, 0.1) is 0 Å². The third kappa shape index (κ3) is 3.42. The summed E-state index contributed by atoms with van der Waals surface area (Å²) in [5.41, 5.74) is 6.12. The maximum atomic E-state index is 10.4. The summed E-state index contributed by atoms with van der Waals surface area (Å²) in [7, 11) is 0. The van der Waals surface area contributed by atoms with Gasteiger partial charge in [0.25, 0.3) is 0 Å². The van der Waals surface area contributed by atoms with E-state index in [9.17, 15) is 4.79 Å². The van der Waals surface area contributed by atoms with Crippen LogP contribution in [0.3, 0.4) is 0 Å². The highest BCUT2D eigenvalue weighted by Crippen LogP contribution is 2.10. The van der Waals surface area contributed by atoms with Gasteiger partial charge in [-0.15, -0.1) is 0 Å². The van der Waals surface area contributed by atoms with E-state index in [1.54, 1.807) is 12.1 Å². The predicted molar refractivity (Wildman–Crippen MR) is 52.4 cm³/mol. The van der Waals surface area contributed by atoms with Crippen LogP contribution >= 0.6 is 0 Å². The zero-order chi connectivity index (χ0) is 9.84. The maximum Gasteiger partial charge on any atom is 0.320 e. The van der Waals surface area contributed by atoms with Crippen LogP contribution < -0.4 is 11.9 Å². The number of rotatable bonds is 3. The Bertz CT molecular complexity index is 297. The number of benzene rings is 1. The molecule has 0 heterocycles. The van der Waals surface area contributed by atoms with Gasteiger partial charge in [-0.25, -0.2) is 0 Å². The van der Waals surface area contributed by atoms with Gasteiger partial charge in [0.15, 0.2) is 0 Å². The minimum Gasteiger partial charge on any atom is -0.508 e. The molecule has 0 spiro atoms. The largest absolute Gasteiger partial charge is 0.508 e. The normalized spacial score (nSPS) is 11.5. The van der Waals surface area contributed by atoms with E-state index in [1.165, 1.54) is 12.1 Å². The Labute approximate surface area is 81.8 Å². The molecule has 0 aliphatic carbocycles. The first-order chi connectivity index (χ1) is 6.09. The first kappa shape index (κ1) is 12.4. The zero-order valence-electron chi connectivity index (χ0n) is 7.68. The maximum absolute atomic E-state index is 10.4. The van der Waals surface area contributed by atoms with Crippen LogP contribution in [0.4, 0.5) is 0 Å². The van der Waals surface area contributed by atoms with Gasteiger partial charge in [-0.3, -0.25) is 4.79 Å². The second-order valence-corrected chi connectivity index (χ2v) is 2.82. The quantitative estimate of drug-likeness (QED) is 0.564. The van der Waals surface area contributed by atoms with E-state index in [2.05, 4.69) is 0 Å². The molecule has 1 rings (SSSR count). The highest BCUT2D eigenvalue weighted by atomic mass is 16.4. The van der Waals surface area contributed by atoms with Crippen molar-refractivity contribution < 1.29 is 15.0 Å². The number of nitrogens with two attached hydrogens (primary N) is 1. The molecule has 1 aromatic rings. The van der Waals surface area contributed by atoms with E-state index in [-0.39, 0.29) is 18.3 Å². The second kappa shape index (κ2) is 5.21. The summed E-state index contributed by atoms with van der Waals surface area (Å²) >= 11 is 0. The number of carboxylic acid groups (broad SMARTS) is 1. The van der Waals surface area contributed by atoms with Crippen molar-refractivity contribution in [3.63, 3.8) is 0 Å². The van der Waals surface area contributed by atoms with Gasteiger partial charge in [0.1, 0.15) is 11.8 Å². The molecule has 0 radical (unpaired) electrons. The first-order valence-electron chi connectivity index (χ1n) is 3.86. The molecular formula is C9H14N2O3. The molecule has 1 aromatic carbocycles. The summed E-state index contributed by atoms with van der Waals surface area (Å²) in [6.45, 7) is 0. The lowest BCUT2D eigenvalue weighted by atomic mass is 10.1. The summed E-state index contributed by atoms with van der Waals surface area (Å²) in [5.74, 6) is -0.860. The summed E-state index contributed by atoms with van der Waals surface area (Å²) in [6.07, 6.45) is 0.273. The Kier molecular flexibility index (Phi) is 4.62. The average Bonchev–Trinajstić information content (AvgIpc) is 2.08. The van der Waals surface area contributed by atoms with Gasteiger partial charge in [-0.2, -0.15) is 0 Å². The zero-order valence-corrected chi connectivity index (χ0v) is 7.68. The standard InChI is InChI=1S/C9H11NO3.H3N/c10-8(9(12)13)5-6-1-3-7(11)4-2-6;/h1-4,8,11H,5,10H2,(H,12,13);1H3/t8-;/m1./s1. The highest BCUT2D eigenvalue weighted by molar-refractivity contribution is 5.73. The molecule has 0 saturated carbocycles. The summed E-state index contributed by atoms with van der Waals surface area (Å²) in [4.78, 5) is 10.4. The third-order valence-corrected chi connectivity index (χ3v) is 1.71. The van der Waals surface area contributed by atoms with Crippen LogP contribution in [-0.4, -0.2) is 22.2 Å². The van der Waals surface area contributed by atoms with Gasteiger partial charge >= 0.3 is 5.97 Å². The predicted octanol–water partition coefficient (Wildman–Crippen LogP) is 0.509. The molecule has 0 aliphatic heterocycles. The minimum absolute atomic E-state index is 0. The Balaban J connectivity index is 0.00000169. The molecule has 0 fully saturated rings. The van der Waals surface area contributed by atoms with Crippen molar-refractivity contribution in [3.05, 3.63) is 29.8 Å². The third-order valence-electron chi connectivity index (χ3n) is 1.71. The Morgan fingerprint density at radius 3 is 2.29 bits per heavy atom. The lowest BCUT2D eigenvalue weighted by molar-refractivity contribution is -0.138. The van der Waals surface area contributed by atoms with Crippen LogP contribution in [0, 0.1) is 0 Å². The van der Waals surface area contributed by atoms with Crippen LogP contribution in [0.5, 0.6) is 5.75 Å². The van der Waals surface area contributed by atoms with E-state index < -0.39 is 12.0 Å². The number of aliphatic carboxylic acids is 1. The molecule has 0 unspecified atom stereocenters. The SMILES string of the molecule is N.N[C@H](Cc1ccc(O)cc1)C(=O)O. The molecule has 0 saturated heterocycles. The number of carbonyl (C=O) groups is 1. The fourth-order valence-electron chi connectivity index (χ4n) is 0.973. The molecule has 5 heteroatoms. The highest BCUT2D eigenvalue weighted by Gasteiger charge is 2.11. The van der Waals surface area contributed by atoms with Crippen molar-refractivity contribution in [1.29, 1.82) is 0 Å². The molecule has 0 aromatic heterocycles. The van der Waals surface area contributed by atoms with Crippen molar-refractivity contribution in [3.8, 4) is 5.75 Å². The number of phenolic OH excluding ortho intramolecular Hbond substituents is 1. The molecule has 14 heavy (non-hydrogen) atoms. The van der Waals surface area contributed by atoms with Crippen LogP contribution in [0.15, 0.2) is 24.3 Å². The molecule has 1 atom stereocenters. The summed E-state index contributed by atoms with van der Waals surface area (Å²) in [5, 5.41) is 17.5. The minimum atomic E-state index is -1.02. The Morgan fingerprint density at radius 2 is 1.86 bits per heavy atom. The van der Waals surface area contributed by atoms with E-state index in [0.29, 0.717) is 0 Å². The monoisotopic (exact) mass is 198 g/mol. The van der Waals surface area contributed by atoms with Crippen molar-refractivity contribution in [1.82, 2.24) is 6.15 Å². The van der Waals surface area contributed by atoms with E-state index in [4.69, 9.17) is 15.9 Å². The Hall–Kier alpha value is -1.59. The number of aromatic hydroxyl groups is 1. The van der Waals surface area contributed by atoms with Gasteiger partial charge in [0, 0.05) is 0 Å². The van der Waals surface area contributed by atoms with E-state index in [0.717, 1.165) is 5.56 Å². The number of phenols is 1.